The van der Waals surface area contributed by atoms with Crippen molar-refractivity contribution in [3.8, 4) is 11.5 Å². The van der Waals surface area contributed by atoms with Gasteiger partial charge in [0.2, 0.25) is 0 Å². The first kappa shape index (κ1) is 19.8. The van der Waals surface area contributed by atoms with Crippen molar-refractivity contribution < 1.29 is 19.4 Å². The van der Waals surface area contributed by atoms with Crippen molar-refractivity contribution in [1.82, 2.24) is 0 Å². The van der Waals surface area contributed by atoms with Crippen LogP contribution in [-0.4, -0.2) is 23.8 Å². The fourth-order valence-electron chi connectivity index (χ4n) is 4.70. The number of carbonyl (C=O) groups excluding carboxylic acids is 1. The summed E-state index contributed by atoms with van der Waals surface area (Å²) < 4.78 is 11.2. The maximum Gasteiger partial charge on any atom is 0.308 e. The average Bonchev–Trinajstić information content (AvgIpc) is 2.59. The highest BCUT2D eigenvalue weighted by molar-refractivity contribution is 5.71. The predicted molar refractivity (Wildman–Crippen MR) is 106 cm³/mol. The van der Waals surface area contributed by atoms with Crippen molar-refractivity contribution in [2.45, 2.75) is 71.3 Å². The molecule has 1 heterocycles. The molecule has 1 N–H and O–H groups in total. The molecule has 4 heteroatoms. The van der Waals surface area contributed by atoms with Crippen LogP contribution < -0.4 is 4.74 Å². The zero-order valence-electron chi connectivity index (χ0n) is 17.2. The summed E-state index contributed by atoms with van der Waals surface area (Å²) >= 11 is 0. The van der Waals surface area contributed by atoms with Crippen molar-refractivity contribution in [1.29, 1.82) is 0 Å². The molecule has 1 aliphatic carbocycles. The van der Waals surface area contributed by atoms with Crippen LogP contribution in [0.15, 0.2) is 23.8 Å². The molecule has 0 saturated heterocycles. The first-order chi connectivity index (χ1) is 12.7. The fraction of sp³-hybridized carbons (Fsp3) is 0.609. The number of hydrogen-bond acceptors (Lipinski definition) is 4. The Morgan fingerprint density at radius 1 is 1.41 bits per heavy atom. The van der Waals surface area contributed by atoms with E-state index in [4.69, 9.17) is 9.47 Å². The van der Waals surface area contributed by atoms with Crippen molar-refractivity contribution in [2.75, 3.05) is 7.11 Å². The molecule has 0 fully saturated rings. The van der Waals surface area contributed by atoms with Gasteiger partial charge in [0.15, 0.2) is 0 Å². The van der Waals surface area contributed by atoms with E-state index in [-0.39, 0.29) is 17.5 Å². The van der Waals surface area contributed by atoms with Gasteiger partial charge in [0.1, 0.15) is 17.1 Å². The molecule has 2 aliphatic rings. The summed E-state index contributed by atoms with van der Waals surface area (Å²) in [6.45, 7) is 8.38. The van der Waals surface area contributed by atoms with E-state index >= 15 is 0 Å². The minimum absolute atomic E-state index is 0.103. The van der Waals surface area contributed by atoms with E-state index in [1.807, 2.05) is 13.0 Å². The smallest absolute Gasteiger partial charge is 0.308 e. The molecule has 4 nitrogen and oxygen atoms in total. The third-order valence-corrected chi connectivity index (χ3v) is 6.27. The van der Waals surface area contributed by atoms with Gasteiger partial charge in [-0.05, 0) is 70.6 Å². The van der Waals surface area contributed by atoms with E-state index in [9.17, 15) is 9.90 Å². The van der Waals surface area contributed by atoms with Crippen molar-refractivity contribution in [2.24, 2.45) is 11.8 Å². The molecule has 27 heavy (non-hydrogen) atoms. The monoisotopic (exact) mass is 372 g/mol. The van der Waals surface area contributed by atoms with Gasteiger partial charge in [-0.25, -0.2) is 0 Å². The average molecular weight is 373 g/mol. The Morgan fingerprint density at radius 3 is 2.85 bits per heavy atom. The molecule has 3 atom stereocenters. The van der Waals surface area contributed by atoms with Crippen molar-refractivity contribution in [3.05, 3.63) is 34.9 Å². The minimum atomic E-state index is -0.251. The van der Waals surface area contributed by atoms with Gasteiger partial charge in [-0.1, -0.05) is 18.6 Å². The quantitative estimate of drug-likeness (QED) is 0.575. The molecule has 3 rings (SSSR count). The Morgan fingerprint density at radius 2 is 2.15 bits per heavy atom. The number of aryl methyl sites for hydroxylation is 1. The Hall–Kier alpha value is -1.97. The molecular formula is C23H32O4. The second-order valence-corrected chi connectivity index (χ2v) is 8.75. The van der Waals surface area contributed by atoms with Crippen LogP contribution in [0, 0.1) is 11.8 Å². The predicted octanol–water partition coefficient (Wildman–Crippen LogP) is 5.13. The first-order valence-corrected chi connectivity index (χ1v) is 10.0. The van der Waals surface area contributed by atoms with Gasteiger partial charge in [-0.3, -0.25) is 4.79 Å². The molecule has 0 bridgehead atoms. The molecule has 1 aliphatic heterocycles. The number of phenols is 1. The van der Waals surface area contributed by atoms with Crippen LogP contribution in [0.4, 0.5) is 0 Å². The van der Waals surface area contributed by atoms with E-state index in [0.29, 0.717) is 17.6 Å². The second-order valence-electron chi connectivity index (χ2n) is 8.75. The number of allylic oxidation sites excluding steroid dienone is 2. The lowest BCUT2D eigenvalue weighted by Gasteiger charge is -2.47. The molecule has 0 spiro atoms. The summed E-state index contributed by atoms with van der Waals surface area (Å²) in [5.41, 5.74) is 3.17. The van der Waals surface area contributed by atoms with E-state index in [2.05, 4.69) is 32.9 Å². The number of aromatic hydroxyl groups is 1. The molecule has 0 radical (unpaired) electrons. The number of methoxy groups -OCH3 is 1. The molecular weight excluding hydrogens is 340 g/mol. The molecule has 0 saturated carbocycles. The highest BCUT2D eigenvalue weighted by Gasteiger charge is 2.45. The summed E-state index contributed by atoms with van der Waals surface area (Å²) in [5, 5.41) is 10.8. The highest BCUT2D eigenvalue weighted by atomic mass is 16.5. The minimum Gasteiger partial charge on any atom is -0.508 e. The largest absolute Gasteiger partial charge is 0.508 e. The number of carbonyl (C=O) groups is 1. The standard InChI is InChI=1S/C23H32O4/c1-14-9-10-18-17(11-14)21-19(24)12-16(13-20(21)27-23(18,3)4)8-6-7-15(2)22(25)26-5/h9,12-13,15,17-18,24H,6-8,10-11H2,1-5H3/t15?,17-,18-/m1/s1. The number of fused-ring (bicyclic) bond motifs is 3. The lowest BCUT2D eigenvalue weighted by Crippen LogP contribution is -2.45. The second kappa shape index (κ2) is 7.57. The third kappa shape index (κ3) is 3.99. The van der Waals surface area contributed by atoms with Crippen LogP contribution in [0.3, 0.4) is 0 Å². The summed E-state index contributed by atoms with van der Waals surface area (Å²) in [7, 11) is 1.43. The van der Waals surface area contributed by atoms with Gasteiger partial charge in [-0.2, -0.15) is 0 Å². The zero-order chi connectivity index (χ0) is 19.8. The van der Waals surface area contributed by atoms with Crippen LogP contribution in [0.1, 0.15) is 70.4 Å². The first-order valence-electron chi connectivity index (χ1n) is 10.0. The topological polar surface area (TPSA) is 55.8 Å². The molecule has 0 aromatic heterocycles. The van der Waals surface area contributed by atoms with Gasteiger partial charge < -0.3 is 14.6 Å². The Bertz CT molecular complexity index is 747. The SMILES string of the molecule is COC(=O)C(C)CCCc1cc(O)c2c(c1)OC(C)(C)[C@@H]1CC=C(C)C[C@@H]21. The summed E-state index contributed by atoms with van der Waals surface area (Å²) in [5.74, 6) is 1.60. The number of benzene rings is 1. The Labute approximate surface area is 162 Å². The summed E-state index contributed by atoms with van der Waals surface area (Å²) in [6.07, 6.45) is 6.73. The number of rotatable bonds is 5. The lowest BCUT2D eigenvalue weighted by molar-refractivity contribution is -0.145. The van der Waals surface area contributed by atoms with Gasteiger partial charge in [0.25, 0.3) is 0 Å². The van der Waals surface area contributed by atoms with Crippen molar-refractivity contribution >= 4 is 5.97 Å². The van der Waals surface area contributed by atoms with Crippen LogP contribution in [0.25, 0.3) is 0 Å². The van der Waals surface area contributed by atoms with Crippen LogP contribution in [-0.2, 0) is 16.0 Å². The molecule has 0 amide bonds. The van der Waals surface area contributed by atoms with Crippen LogP contribution in [0.5, 0.6) is 11.5 Å². The molecule has 1 unspecified atom stereocenters. The van der Waals surface area contributed by atoms with E-state index in [1.165, 1.54) is 12.7 Å². The third-order valence-electron chi connectivity index (χ3n) is 6.27. The van der Waals surface area contributed by atoms with E-state index in [1.54, 1.807) is 0 Å². The van der Waals surface area contributed by atoms with Gasteiger partial charge in [0.05, 0.1) is 13.0 Å². The number of esters is 1. The van der Waals surface area contributed by atoms with Gasteiger partial charge in [0, 0.05) is 17.4 Å². The van der Waals surface area contributed by atoms with Gasteiger partial charge >= 0.3 is 5.97 Å². The lowest BCUT2D eigenvalue weighted by atomic mass is 9.67. The summed E-state index contributed by atoms with van der Waals surface area (Å²) in [6, 6.07) is 3.97. The number of hydrogen-bond donors (Lipinski definition) is 1. The Kier molecular flexibility index (Phi) is 5.55. The zero-order valence-corrected chi connectivity index (χ0v) is 17.2. The van der Waals surface area contributed by atoms with Crippen molar-refractivity contribution in [3.63, 3.8) is 0 Å². The fourth-order valence-corrected chi connectivity index (χ4v) is 4.70. The van der Waals surface area contributed by atoms with Gasteiger partial charge in [-0.15, -0.1) is 0 Å². The van der Waals surface area contributed by atoms with Crippen LogP contribution in [0.2, 0.25) is 0 Å². The number of ether oxygens (including phenoxy) is 2. The van der Waals surface area contributed by atoms with Crippen LogP contribution >= 0.6 is 0 Å². The maximum absolute atomic E-state index is 11.5. The molecule has 1 aromatic rings. The Balaban J connectivity index is 1.80. The molecule has 148 valence electrons. The van der Waals surface area contributed by atoms with E-state index < -0.39 is 0 Å². The normalized spacial score (nSPS) is 24.1. The summed E-state index contributed by atoms with van der Waals surface area (Å²) in [4.78, 5) is 11.5. The molecule has 1 aromatic carbocycles. The highest BCUT2D eigenvalue weighted by Crippen LogP contribution is 2.54. The maximum atomic E-state index is 11.5. The van der Waals surface area contributed by atoms with E-state index in [0.717, 1.165) is 49.0 Å². The number of phenolic OH excluding ortho intramolecular Hbond substituents is 1.